The maximum Gasteiger partial charge on any atom is 0.335 e. The smallest absolute Gasteiger partial charge is 0.335 e. The topological polar surface area (TPSA) is 49.3 Å². The first-order chi connectivity index (χ1) is 11.6. The second kappa shape index (κ2) is 5.91. The molecule has 0 radical (unpaired) electrons. The lowest BCUT2D eigenvalue weighted by Gasteiger charge is -2.42. The summed E-state index contributed by atoms with van der Waals surface area (Å²) in [5.74, 6) is -0.902. The van der Waals surface area contributed by atoms with Gasteiger partial charge in [0.15, 0.2) is 0 Å². The van der Waals surface area contributed by atoms with Crippen molar-refractivity contribution in [2.75, 3.05) is 5.32 Å². The molecule has 2 aromatic carbocycles. The zero-order chi connectivity index (χ0) is 18.4. The van der Waals surface area contributed by atoms with Crippen LogP contribution >= 0.6 is 0 Å². The fourth-order valence-electron chi connectivity index (χ4n) is 3.71. The number of carbonyl (C=O) groups is 1. The van der Waals surface area contributed by atoms with Crippen LogP contribution in [0, 0.1) is 6.92 Å². The Balaban J connectivity index is 1.99. The molecule has 0 heterocycles. The molecule has 0 aromatic heterocycles. The Kier molecular flexibility index (Phi) is 4.14. The lowest BCUT2D eigenvalue weighted by Crippen LogP contribution is -2.34. The van der Waals surface area contributed by atoms with Crippen LogP contribution in [0.3, 0.4) is 0 Å². The first-order valence-corrected chi connectivity index (χ1v) is 8.86. The van der Waals surface area contributed by atoms with Gasteiger partial charge in [0, 0.05) is 11.4 Å². The van der Waals surface area contributed by atoms with Crippen LogP contribution in [0.1, 0.15) is 67.6 Å². The van der Waals surface area contributed by atoms with E-state index in [9.17, 15) is 4.79 Å². The molecule has 3 heteroatoms. The van der Waals surface area contributed by atoms with Crippen molar-refractivity contribution in [1.29, 1.82) is 0 Å². The molecule has 0 saturated carbocycles. The lowest BCUT2D eigenvalue weighted by atomic mass is 9.63. The number of rotatable bonds is 3. The largest absolute Gasteiger partial charge is 0.478 e. The Morgan fingerprint density at radius 2 is 1.48 bits per heavy atom. The van der Waals surface area contributed by atoms with Gasteiger partial charge in [-0.25, -0.2) is 4.79 Å². The normalized spacial score (nSPS) is 17.6. The van der Waals surface area contributed by atoms with Crippen molar-refractivity contribution in [3.05, 3.63) is 58.7 Å². The van der Waals surface area contributed by atoms with Crippen molar-refractivity contribution in [2.24, 2.45) is 0 Å². The zero-order valence-electron chi connectivity index (χ0n) is 15.7. The summed E-state index contributed by atoms with van der Waals surface area (Å²) in [7, 11) is 0. The van der Waals surface area contributed by atoms with Gasteiger partial charge in [0.25, 0.3) is 0 Å². The molecule has 25 heavy (non-hydrogen) atoms. The minimum absolute atomic E-state index is 0.169. The third kappa shape index (κ3) is 3.28. The second-order valence-corrected chi connectivity index (χ2v) is 8.49. The van der Waals surface area contributed by atoms with Gasteiger partial charge >= 0.3 is 5.97 Å². The maximum absolute atomic E-state index is 11.0. The van der Waals surface area contributed by atoms with Crippen LogP contribution in [-0.2, 0) is 10.8 Å². The third-order valence-electron chi connectivity index (χ3n) is 5.61. The number of aromatic carboxylic acids is 1. The number of nitrogens with one attached hydrogen (secondary N) is 1. The molecular weight excluding hydrogens is 310 g/mol. The molecule has 0 amide bonds. The number of anilines is 2. The van der Waals surface area contributed by atoms with Gasteiger partial charge in [-0.1, -0.05) is 33.8 Å². The molecule has 0 spiro atoms. The van der Waals surface area contributed by atoms with Crippen LogP contribution in [-0.4, -0.2) is 11.1 Å². The van der Waals surface area contributed by atoms with Gasteiger partial charge in [-0.3, -0.25) is 0 Å². The number of carboxylic acids is 1. The highest BCUT2D eigenvalue weighted by Gasteiger charge is 2.37. The number of hydrogen-bond donors (Lipinski definition) is 2. The van der Waals surface area contributed by atoms with Crippen molar-refractivity contribution in [1.82, 2.24) is 0 Å². The number of benzene rings is 2. The highest BCUT2D eigenvalue weighted by atomic mass is 16.4. The number of hydrogen-bond acceptors (Lipinski definition) is 2. The van der Waals surface area contributed by atoms with E-state index in [0.29, 0.717) is 5.56 Å². The van der Waals surface area contributed by atoms with Crippen LogP contribution in [0.4, 0.5) is 11.4 Å². The van der Waals surface area contributed by atoms with Gasteiger partial charge in [0.05, 0.1) is 5.56 Å². The fraction of sp³-hybridized carbons (Fsp3) is 0.409. The second-order valence-electron chi connectivity index (χ2n) is 8.49. The summed E-state index contributed by atoms with van der Waals surface area (Å²) in [6.07, 6.45) is 2.39. The Morgan fingerprint density at radius 3 is 2.00 bits per heavy atom. The minimum Gasteiger partial charge on any atom is -0.478 e. The summed E-state index contributed by atoms with van der Waals surface area (Å²) >= 11 is 0. The molecule has 0 fully saturated rings. The monoisotopic (exact) mass is 337 g/mol. The fourth-order valence-corrected chi connectivity index (χ4v) is 3.71. The van der Waals surface area contributed by atoms with E-state index in [0.717, 1.165) is 11.4 Å². The van der Waals surface area contributed by atoms with E-state index in [1.165, 1.54) is 29.5 Å². The van der Waals surface area contributed by atoms with E-state index in [4.69, 9.17) is 5.11 Å². The van der Waals surface area contributed by atoms with Gasteiger partial charge < -0.3 is 10.4 Å². The average Bonchev–Trinajstić information content (AvgIpc) is 2.54. The Hall–Kier alpha value is -2.29. The van der Waals surface area contributed by atoms with E-state index in [1.807, 2.05) is 12.1 Å². The highest BCUT2D eigenvalue weighted by Crippen LogP contribution is 2.47. The number of aryl methyl sites for hydroxylation is 1. The molecule has 0 atom stereocenters. The molecule has 0 saturated heterocycles. The van der Waals surface area contributed by atoms with Crippen molar-refractivity contribution in [2.45, 2.75) is 58.3 Å². The van der Waals surface area contributed by atoms with E-state index in [2.05, 4.69) is 52.1 Å². The zero-order valence-corrected chi connectivity index (χ0v) is 15.7. The Labute approximate surface area is 150 Å². The predicted octanol–water partition coefficient (Wildman–Crippen LogP) is 5.79. The highest BCUT2D eigenvalue weighted by molar-refractivity contribution is 5.88. The first-order valence-electron chi connectivity index (χ1n) is 8.86. The molecule has 132 valence electrons. The average molecular weight is 337 g/mol. The van der Waals surface area contributed by atoms with Gasteiger partial charge in [-0.05, 0) is 77.6 Å². The lowest BCUT2D eigenvalue weighted by molar-refractivity contribution is 0.0697. The first kappa shape index (κ1) is 17.5. The Morgan fingerprint density at radius 1 is 0.960 bits per heavy atom. The number of fused-ring (bicyclic) bond motifs is 1. The van der Waals surface area contributed by atoms with Crippen LogP contribution in [0.2, 0.25) is 0 Å². The molecule has 1 aliphatic rings. The quantitative estimate of drug-likeness (QED) is 0.745. The SMILES string of the molecule is Cc1cc2c(cc1Nc1ccc(C(=O)O)cc1)C(C)(C)CCC2(C)C. The van der Waals surface area contributed by atoms with E-state index < -0.39 is 5.97 Å². The minimum atomic E-state index is -0.902. The molecule has 0 unspecified atom stereocenters. The van der Waals surface area contributed by atoms with Crippen LogP contribution < -0.4 is 5.32 Å². The maximum atomic E-state index is 11.0. The summed E-state index contributed by atoms with van der Waals surface area (Å²) in [5, 5.41) is 12.5. The van der Waals surface area contributed by atoms with Crippen molar-refractivity contribution >= 4 is 17.3 Å². The standard InChI is InChI=1S/C22H27NO2/c1-14-12-17-18(22(4,5)11-10-21(17,2)3)13-19(14)23-16-8-6-15(7-9-16)20(24)25/h6-9,12-13,23H,10-11H2,1-5H3,(H,24,25). The van der Waals surface area contributed by atoms with Crippen LogP contribution in [0.25, 0.3) is 0 Å². The summed E-state index contributed by atoms with van der Waals surface area (Å²) in [6.45, 7) is 11.4. The molecular formula is C22H27NO2. The van der Waals surface area contributed by atoms with Crippen molar-refractivity contribution in [3.63, 3.8) is 0 Å². The summed E-state index contributed by atoms with van der Waals surface area (Å²) < 4.78 is 0. The van der Waals surface area contributed by atoms with Crippen LogP contribution in [0.15, 0.2) is 36.4 Å². The summed E-state index contributed by atoms with van der Waals surface area (Å²) in [6, 6.07) is 11.5. The van der Waals surface area contributed by atoms with E-state index >= 15 is 0 Å². The van der Waals surface area contributed by atoms with E-state index in [1.54, 1.807) is 12.1 Å². The molecule has 0 aliphatic heterocycles. The van der Waals surface area contributed by atoms with Gasteiger partial charge in [0.1, 0.15) is 0 Å². The summed E-state index contributed by atoms with van der Waals surface area (Å²) in [5.41, 5.74) is 6.75. The molecule has 3 nitrogen and oxygen atoms in total. The van der Waals surface area contributed by atoms with Crippen molar-refractivity contribution < 1.29 is 9.90 Å². The molecule has 0 bridgehead atoms. The van der Waals surface area contributed by atoms with Crippen LogP contribution in [0.5, 0.6) is 0 Å². The molecule has 1 aliphatic carbocycles. The van der Waals surface area contributed by atoms with Gasteiger partial charge in [-0.15, -0.1) is 0 Å². The predicted molar refractivity (Wildman–Crippen MR) is 103 cm³/mol. The van der Waals surface area contributed by atoms with E-state index in [-0.39, 0.29) is 10.8 Å². The Bertz CT molecular complexity index is 817. The third-order valence-corrected chi connectivity index (χ3v) is 5.61. The van der Waals surface area contributed by atoms with Gasteiger partial charge in [-0.2, -0.15) is 0 Å². The molecule has 2 aromatic rings. The number of carboxylic acid groups (broad SMARTS) is 1. The molecule has 3 rings (SSSR count). The summed E-state index contributed by atoms with van der Waals surface area (Å²) in [4.78, 5) is 11.0. The van der Waals surface area contributed by atoms with Crippen molar-refractivity contribution in [3.8, 4) is 0 Å². The molecule has 2 N–H and O–H groups in total. The van der Waals surface area contributed by atoms with Gasteiger partial charge in [0.2, 0.25) is 0 Å².